The Labute approximate surface area is 103 Å². The number of aryl methyl sites for hydroxylation is 1. The van der Waals surface area contributed by atoms with Gasteiger partial charge in [0.25, 0.3) is 0 Å². The molecule has 16 heavy (non-hydrogen) atoms. The van der Waals surface area contributed by atoms with Crippen LogP contribution in [0.15, 0.2) is 33.7 Å². The molecule has 1 unspecified atom stereocenters. The Balaban J connectivity index is 2.13. The second-order valence-electron chi connectivity index (χ2n) is 3.37. The Morgan fingerprint density at radius 3 is 2.75 bits per heavy atom. The van der Waals surface area contributed by atoms with Gasteiger partial charge in [0, 0.05) is 4.90 Å². The number of thioether (sulfide) groups is 1. The van der Waals surface area contributed by atoms with Gasteiger partial charge in [0.2, 0.25) is 5.89 Å². The lowest BCUT2D eigenvalue weighted by molar-refractivity contribution is 0.376. The van der Waals surface area contributed by atoms with Crippen molar-refractivity contribution in [2.24, 2.45) is 0 Å². The van der Waals surface area contributed by atoms with Crippen LogP contribution in [0, 0.1) is 6.92 Å². The highest BCUT2D eigenvalue weighted by Gasteiger charge is 2.15. The molecule has 0 amide bonds. The van der Waals surface area contributed by atoms with Gasteiger partial charge >= 0.3 is 0 Å². The topological polar surface area (TPSA) is 38.9 Å². The zero-order valence-corrected chi connectivity index (χ0v) is 10.5. The molecular formula is C11H11ClN2OS. The van der Waals surface area contributed by atoms with Gasteiger partial charge in [-0.2, -0.15) is 4.98 Å². The summed E-state index contributed by atoms with van der Waals surface area (Å²) in [7, 11) is 0. The minimum atomic E-state index is 0.0982. The molecule has 0 fully saturated rings. The van der Waals surface area contributed by atoms with Crippen LogP contribution >= 0.6 is 23.4 Å². The molecule has 0 N–H and O–H groups in total. The van der Waals surface area contributed by atoms with Crippen LogP contribution in [0.5, 0.6) is 0 Å². The van der Waals surface area contributed by atoms with Crippen LogP contribution in [0.4, 0.5) is 0 Å². The van der Waals surface area contributed by atoms with E-state index in [4.69, 9.17) is 16.1 Å². The van der Waals surface area contributed by atoms with E-state index in [1.54, 1.807) is 18.7 Å². The third kappa shape index (κ3) is 2.57. The van der Waals surface area contributed by atoms with Crippen molar-refractivity contribution in [1.29, 1.82) is 0 Å². The molecule has 1 aromatic heterocycles. The van der Waals surface area contributed by atoms with Gasteiger partial charge in [-0.25, -0.2) is 0 Å². The summed E-state index contributed by atoms with van der Waals surface area (Å²) in [6.45, 7) is 3.82. The number of hydrogen-bond donors (Lipinski definition) is 0. The van der Waals surface area contributed by atoms with E-state index in [1.807, 2.05) is 31.2 Å². The summed E-state index contributed by atoms with van der Waals surface area (Å²) < 4.78 is 5.11. The van der Waals surface area contributed by atoms with Crippen molar-refractivity contribution in [3.8, 4) is 0 Å². The highest BCUT2D eigenvalue weighted by molar-refractivity contribution is 7.99. The lowest BCUT2D eigenvalue weighted by Crippen LogP contribution is -1.89. The van der Waals surface area contributed by atoms with Crippen molar-refractivity contribution in [3.05, 3.63) is 41.0 Å². The number of rotatable bonds is 3. The maximum atomic E-state index is 6.07. The molecule has 0 saturated heterocycles. The van der Waals surface area contributed by atoms with Crippen molar-refractivity contribution in [1.82, 2.24) is 10.1 Å². The first-order chi connectivity index (χ1) is 7.66. The molecule has 3 nitrogen and oxygen atoms in total. The Morgan fingerprint density at radius 2 is 2.12 bits per heavy atom. The van der Waals surface area contributed by atoms with Gasteiger partial charge in [0.05, 0.1) is 10.3 Å². The van der Waals surface area contributed by atoms with E-state index >= 15 is 0 Å². The number of hydrogen-bond acceptors (Lipinski definition) is 4. The molecule has 84 valence electrons. The Bertz CT molecular complexity index is 486. The molecule has 0 aliphatic carbocycles. The van der Waals surface area contributed by atoms with Crippen molar-refractivity contribution >= 4 is 23.4 Å². The summed E-state index contributed by atoms with van der Waals surface area (Å²) in [6, 6.07) is 7.72. The van der Waals surface area contributed by atoms with Gasteiger partial charge in [-0.05, 0) is 26.0 Å². The minimum Gasteiger partial charge on any atom is -0.338 e. The molecule has 0 aliphatic rings. The number of benzene rings is 1. The summed E-state index contributed by atoms with van der Waals surface area (Å²) in [5.41, 5.74) is 0. The molecule has 0 spiro atoms. The summed E-state index contributed by atoms with van der Waals surface area (Å²) in [4.78, 5) is 5.22. The van der Waals surface area contributed by atoms with Crippen molar-refractivity contribution in [3.63, 3.8) is 0 Å². The van der Waals surface area contributed by atoms with Crippen molar-refractivity contribution < 1.29 is 4.52 Å². The predicted octanol–water partition coefficient (Wildman–Crippen LogP) is 3.88. The van der Waals surface area contributed by atoms with Crippen LogP contribution in [0.2, 0.25) is 5.02 Å². The molecule has 2 aromatic rings. The third-order valence-corrected chi connectivity index (χ3v) is 3.64. The van der Waals surface area contributed by atoms with Crippen LogP contribution in [-0.2, 0) is 0 Å². The maximum Gasteiger partial charge on any atom is 0.239 e. The van der Waals surface area contributed by atoms with Gasteiger partial charge in [-0.15, -0.1) is 11.8 Å². The molecule has 1 aromatic carbocycles. The van der Waals surface area contributed by atoms with E-state index in [2.05, 4.69) is 10.1 Å². The molecule has 0 saturated carbocycles. The van der Waals surface area contributed by atoms with Crippen LogP contribution in [0.25, 0.3) is 0 Å². The van der Waals surface area contributed by atoms with E-state index in [1.165, 1.54) is 0 Å². The van der Waals surface area contributed by atoms with Gasteiger partial charge < -0.3 is 4.52 Å². The maximum absolute atomic E-state index is 6.07. The fraction of sp³-hybridized carbons (Fsp3) is 0.273. The van der Waals surface area contributed by atoms with Gasteiger partial charge in [0.15, 0.2) is 5.82 Å². The molecule has 0 radical (unpaired) electrons. The molecule has 1 atom stereocenters. The number of aromatic nitrogens is 2. The van der Waals surface area contributed by atoms with E-state index in [0.29, 0.717) is 11.7 Å². The summed E-state index contributed by atoms with van der Waals surface area (Å²) >= 11 is 7.68. The van der Waals surface area contributed by atoms with Gasteiger partial charge in [-0.1, -0.05) is 28.9 Å². The molecule has 2 rings (SSSR count). The van der Waals surface area contributed by atoms with Crippen LogP contribution in [0.3, 0.4) is 0 Å². The highest BCUT2D eigenvalue weighted by Crippen LogP contribution is 2.37. The Kier molecular flexibility index (Phi) is 3.51. The lowest BCUT2D eigenvalue weighted by Gasteiger charge is -2.07. The largest absolute Gasteiger partial charge is 0.338 e. The zero-order valence-electron chi connectivity index (χ0n) is 8.98. The first-order valence-corrected chi connectivity index (χ1v) is 6.14. The van der Waals surface area contributed by atoms with E-state index in [9.17, 15) is 0 Å². The smallest absolute Gasteiger partial charge is 0.239 e. The molecule has 5 heteroatoms. The molecule has 1 heterocycles. The Morgan fingerprint density at radius 1 is 1.38 bits per heavy atom. The molecular weight excluding hydrogens is 244 g/mol. The zero-order chi connectivity index (χ0) is 11.5. The normalized spacial score (nSPS) is 12.7. The number of nitrogens with zero attached hydrogens (tertiary/aromatic N) is 2. The molecule has 0 bridgehead atoms. The van der Waals surface area contributed by atoms with E-state index in [-0.39, 0.29) is 5.25 Å². The van der Waals surface area contributed by atoms with Crippen molar-refractivity contribution in [2.45, 2.75) is 24.0 Å². The first kappa shape index (κ1) is 11.5. The average molecular weight is 255 g/mol. The summed E-state index contributed by atoms with van der Waals surface area (Å²) in [6.07, 6.45) is 0. The minimum absolute atomic E-state index is 0.0982. The van der Waals surface area contributed by atoms with Gasteiger partial charge in [-0.3, -0.25) is 0 Å². The monoisotopic (exact) mass is 254 g/mol. The average Bonchev–Trinajstić information content (AvgIpc) is 2.68. The van der Waals surface area contributed by atoms with Crippen LogP contribution < -0.4 is 0 Å². The second-order valence-corrected chi connectivity index (χ2v) is 5.16. The third-order valence-electron chi connectivity index (χ3n) is 2.03. The summed E-state index contributed by atoms with van der Waals surface area (Å²) in [5, 5.41) is 4.61. The summed E-state index contributed by atoms with van der Waals surface area (Å²) in [5.74, 6) is 1.28. The number of halogens is 1. The second kappa shape index (κ2) is 4.89. The lowest BCUT2D eigenvalue weighted by atomic mass is 10.4. The molecule has 0 aliphatic heterocycles. The van der Waals surface area contributed by atoms with E-state index in [0.717, 1.165) is 9.92 Å². The van der Waals surface area contributed by atoms with Crippen LogP contribution in [0.1, 0.15) is 23.9 Å². The fourth-order valence-electron chi connectivity index (χ4n) is 1.26. The van der Waals surface area contributed by atoms with Crippen LogP contribution in [-0.4, -0.2) is 10.1 Å². The fourth-order valence-corrected chi connectivity index (χ4v) is 2.44. The predicted molar refractivity (Wildman–Crippen MR) is 64.8 cm³/mol. The van der Waals surface area contributed by atoms with Crippen molar-refractivity contribution in [2.75, 3.05) is 0 Å². The van der Waals surface area contributed by atoms with Gasteiger partial charge in [0.1, 0.15) is 0 Å². The van der Waals surface area contributed by atoms with E-state index < -0.39 is 0 Å². The highest BCUT2D eigenvalue weighted by atomic mass is 35.5. The Hall–Kier alpha value is -1.00. The first-order valence-electron chi connectivity index (χ1n) is 4.88. The standard InChI is InChI=1S/C11H11ClN2OS/c1-7(11-13-8(2)14-15-11)16-10-6-4-3-5-9(10)12/h3-7H,1-2H3. The SMILES string of the molecule is Cc1noc(C(C)Sc2ccccc2Cl)n1. The quantitative estimate of drug-likeness (QED) is 0.779.